The van der Waals surface area contributed by atoms with E-state index in [-0.39, 0.29) is 6.04 Å². The number of anilines is 1. The van der Waals surface area contributed by atoms with Gasteiger partial charge in [-0.2, -0.15) is 10.2 Å². The van der Waals surface area contributed by atoms with Gasteiger partial charge in [0.1, 0.15) is 0 Å². The number of carbonyl (C=O) groups excluding carboxylic acids is 2. The lowest BCUT2D eigenvalue weighted by Gasteiger charge is -2.14. The highest BCUT2D eigenvalue weighted by atomic mass is 16.2. The standard InChI is InChI=1S/C21H26N4O2/c1-15(2)9-10-16(3)22-20(26)21(27)23-17-11-13-19(14-12-17)25-24-18-7-5-4-6-8-18/h4-8,11-16H,9-10H2,1-3H3,(H,22,26)(H,23,27). The quantitative estimate of drug-likeness (QED) is 0.535. The molecule has 2 rings (SSSR count). The van der Waals surface area contributed by atoms with Crippen molar-refractivity contribution < 1.29 is 9.59 Å². The van der Waals surface area contributed by atoms with Crippen molar-refractivity contribution in [3.63, 3.8) is 0 Å². The van der Waals surface area contributed by atoms with E-state index in [2.05, 4.69) is 34.7 Å². The first-order chi connectivity index (χ1) is 12.9. The molecule has 0 aromatic heterocycles. The molecule has 1 unspecified atom stereocenters. The first-order valence-electron chi connectivity index (χ1n) is 9.12. The van der Waals surface area contributed by atoms with Crippen LogP contribution in [0.15, 0.2) is 64.8 Å². The first kappa shape index (κ1) is 20.3. The average molecular weight is 366 g/mol. The zero-order valence-electron chi connectivity index (χ0n) is 16.0. The highest BCUT2D eigenvalue weighted by molar-refractivity contribution is 6.39. The number of carbonyl (C=O) groups is 2. The second-order valence-corrected chi connectivity index (χ2v) is 6.88. The molecule has 2 amide bonds. The monoisotopic (exact) mass is 366 g/mol. The number of azo groups is 1. The SMILES string of the molecule is CC(C)CCC(C)NC(=O)C(=O)Nc1ccc(N=Nc2ccccc2)cc1. The van der Waals surface area contributed by atoms with Gasteiger partial charge in [0.05, 0.1) is 11.4 Å². The van der Waals surface area contributed by atoms with Crippen LogP contribution in [-0.2, 0) is 9.59 Å². The number of hydrogen-bond donors (Lipinski definition) is 2. The Labute approximate surface area is 160 Å². The third-order valence-corrected chi connectivity index (χ3v) is 3.92. The van der Waals surface area contributed by atoms with Crippen LogP contribution >= 0.6 is 0 Å². The van der Waals surface area contributed by atoms with E-state index >= 15 is 0 Å². The van der Waals surface area contributed by atoms with Crippen LogP contribution in [0.1, 0.15) is 33.6 Å². The van der Waals surface area contributed by atoms with Gasteiger partial charge in [-0.25, -0.2) is 0 Å². The molecule has 2 N–H and O–H groups in total. The summed E-state index contributed by atoms with van der Waals surface area (Å²) in [4.78, 5) is 24.0. The van der Waals surface area contributed by atoms with Crippen LogP contribution < -0.4 is 10.6 Å². The van der Waals surface area contributed by atoms with Crippen LogP contribution in [0.4, 0.5) is 17.1 Å². The molecule has 0 radical (unpaired) electrons. The molecular weight excluding hydrogens is 340 g/mol. The lowest BCUT2D eigenvalue weighted by molar-refractivity contribution is -0.136. The first-order valence-corrected chi connectivity index (χ1v) is 9.12. The van der Waals surface area contributed by atoms with E-state index < -0.39 is 11.8 Å². The van der Waals surface area contributed by atoms with Crippen LogP contribution in [0, 0.1) is 5.92 Å². The molecule has 0 bridgehead atoms. The smallest absolute Gasteiger partial charge is 0.313 e. The minimum Gasteiger partial charge on any atom is -0.345 e. The maximum atomic E-state index is 12.0. The topological polar surface area (TPSA) is 82.9 Å². The molecule has 142 valence electrons. The number of hydrogen-bond acceptors (Lipinski definition) is 4. The average Bonchev–Trinajstić information content (AvgIpc) is 2.66. The Morgan fingerprint density at radius 2 is 1.41 bits per heavy atom. The Balaban J connectivity index is 1.85. The van der Waals surface area contributed by atoms with E-state index in [1.54, 1.807) is 24.3 Å². The van der Waals surface area contributed by atoms with Gasteiger partial charge in [-0.15, -0.1) is 0 Å². The number of nitrogens with zero attached hydrogens (tertiary/aromatic N) is 2. The van der Waals surface area contributed by atoms with Crippen LogP contribution in [-0.4, -0.2) is 17.9 Å². The second kappa shape index (κ2) is 10.2. The van der Waals surface area contributed by atoms with Crippen molar-refractivity contribution in [2.24, 2.45) is 16.1 Å². The van der Waals surface area contributed by atoms with Gasteiger partial charge in [-0.1, -0.05) is 32.0 Å². The molecule has 2 aromatic carbocycles. The van der Waals surface area contributed by atoms with E-state index in [0.29, 0.717) is 17.3 Å². The number of nitrogens with one attached hydrogen (secondary N) is 2. The molecule has 6 nitrogen and oxygen atoms in total. The zero-order valence-corrected chi connectivity index (χ0v) is 16.0. The van der Waals surface area contributed by atoms with Crippen molar-refractivity contribution in [2.75, 3.05) is 5.32 Å². The van der Waals surface area contributed by atoms with Gasteiger partial charge >= 0.3 is 11.8 Å². The molecule has 0 fully saturated rings. The highest BCUT2D eigenvalue weighted by Crippen LogP contribution is 2.20. The van der Waals surface area contributed by atoms with Gasteiger partial charge in [-0.05, 0) is 62.1 Å². The fraction of sp³-hybridized carbons (Fsp3) is 0.333. The van der Waals surface area contributed by atoms with Crippen molar-refractivity contribution in [3.05, 3.63) is 54.6 Å². The minimum absolute atomic E-state index is 0.0357. The predicted octanol–water partition coefficient (Wildman–Crippen LogP) is 4.98. The number of rotatable bonds is 7. The fourth-order valence-electron chi connectivity index (χ4n) is 2.35. The molecule has 0 spiro atoms. The molecule has 0 aliphatic heterocycles. The van der Waals surface area contributed by atoms with Crippen molar-refractivity contribution in [3.8, 4) is 0 Å². The second-order valence-electron chi connectivity index (χ2n) is 6.88. The lowest BCUT2D eigenvalue weighted by atomic mass is 10.0. The largest absolute Gasteiger partial charge is 0.345 e. The summed E-state index contributed by atoms with van der Waals surface area (Å²) in [6.45, 7) is 6.16. The Morgan fingerprint density at radius 1 is 0.815 bits per heavy atom. The molecule has 6 heteroatoms. The molecule has 27 heavy (non-hydrogen) atoms. The van der Waals surface area contributed by atoms with Crippen molar-refractivity contribution in [1.82, 2.24) is 5.32 Å². The van der Waals surface area contributed by atoms with Gasteiger partial charge in [0.25, 0.3) is 0 Å². The maximum Gasteiger partial charge on any atom is 0.313 e. The van der Waals surface area contributed by atoms with E-state index in [1.165, 1.54) is 0 Å². The molecular formula is C21H26N4O2. The number of amides is 2. The van der Waals surface area contributed by atoms with Crippen molar-refractivity contribution >= 4 is 28.9 Å². The Morgan fingerprint density at radius 3 is 2.00 bits per heavy atom. The van der Waals surface area contributed by atoms with E-state index in [1.807, 2.05) is 37.3 Å². The molecule has 1 atom stereocenters. The van der Waals surface area contributed by atoms with Crippen LogP contribution in [0.3, 0.4) is 0 Å². The zero-order chi connectivity index (χ0) is 19.6. The van der Waals surface area contributed by atoms with E-state index in [4.69, 9.17) is 0 Å². The van der Waals surface area contributed by atoms with Crippen LogP contribution in [0.2, 0.25) is 0 Å². The van der Waals surface area contributed by atoms with Gasteiger partial charge in [0.2, 0.25) is 0 Å². The summed E-state index contributed by atoms with van der Waals surface area (Å²) in [6, 6.07) is 16.2. The maximum absolute atomic E-state index is 12.0. The molecule has 2 aromatic rings. The van der Waals surface area contributed by atoms with Crippen LogP contribution in [0.5, 0.6) is 0 Å². The summed E-state index contributed by atoms with van der Waals surface area (Å²) < 4.78 is 0. The summed E-state index contributed by atoms with van der Waals surface area (Å²) in [5, 5.41) is 13.6. The Bertz CT molecular complexity index is 771. The highest BCUT2D eigenvalue weighted by Gasteiger charge is 2.16. The molecule has 0 saturated heterocycles. The third-order valence-electron chi connectivity index (χ3n) is 3.92. The van der Waals surface area contributed by atoms with E-state index in [9.17, 15) is 9.59 Å². The summed E-state index contributed by atoms with van der Waals surface area (Å²) in [5.74, 6) is -0.736. The summed E-state index contributed by atoms with van der Waals surface area (Å²) >= 11 is 0. The van der Waals surface area contributed by atoms with Crippen molar-refractivity contribution in [1.29, 1.82) is 0 Å². The van der Waals surface area contributed by atoms with Gasteiger partial charge in [0, 0.05) is 11.7 Å². The molecule has 0 aliphatic carbocycles. The van der Waals surface area contributed by atoms with Gasteiger partial charge in [-0.3, -0.25) is 9.59 Å². The van der Waals surface area contributed by atoms with Crippen LogP contribution in [0.25, 0.3) is 0 Å². The predicted molar refractivity (Wildman–Crippen MR) is 107 cm³/mol. The molecule has 0 saturated carbocycles. The van der Waals surface area contributed by atoms with E-state index in [0.717, 1.165) is 18.5 Å². The summed E-state index contributed by atoms with van der Waals surface area (Å²) in [6.07, 6.45) is 1.85. The Hall–Kier alpha value is -3.02. The Kier molecular flexibility index (Phi) is 7.67. The van der Waals surface area contributed by atoms with Gasteiger partial charge < -0.3 is 10.6 Å². The van der Waals surface area contributed by atoms with Gasteiger partial charge in [0.15, 0.2) is 0 Å². The third kappa shape index (κ3) is 7.40. The summed E-state index contributed by atoms with van der Waals surface area (Å²) in [5.41, 5.74) is 1.95. The molecule has 0 heterocycles. The summed E-state index contributed by atoms with van der Waals surface area (Å²) in [7, 11) is 0. The molecule has 0 aliphatic rings. The lowest BCUT2D eigenvalue weighted by Crippen LogP contribution is -2.40. The fourth-order valence-corrected chi connectivity index (χ4v) is 2.35. The number of benzene rings is 2. The minimum atomic E-state index is -0.676. The van der Waals surface area contributed by atoms with Crippen molar-refractivity contribution in [2.45, 2.75) is 39.7 Å². The normalized spacial score (nSPS) is 12.1.